The normalized spacial score (nSPS) is 12.8. The first-order valence-electron chi connectivity index (χ1n) is 6.50. The third kappa shape index (κ3) is 4.76. The Morgan fingerprint density at radius 1 is 1.45 bits per heavy atom. The lowest BCUT2D eigenvalue weighted by molar-refractivity contribution is -0.117. The smallest absolute Gasteiger partial charge is 0.224 e. The Hall–Kier alpha value is -1.13. The van der Waals surface area contributed by atoms with E-state index in [4.69, 9.17) is 29.6 Å². The molecule has 0 bridgehead atoms. The van der Waals surface area contributed by atoms with Crippen LogP contribution in [0.25, 0.3) is 0 Å². The van der Waals surface area contributed by atoms with Crippen LogP contribution in [0.1, 0.15) is 39.7 Å². The molecule has 5 heteroatoms. The number of amides is 1. The van der Waals surface area contributed by atoms with Gasteiger partial charge < -0.3 is 11.1 Å². The Morgan fingerprint density at radius 3 is 2.50 bits per heavy atom. The fourth-order valence-corrected chi connectivity index (χ4v) is 1.91. The molecule has 0 saturated carbocycles. The topological polar surface area (TPSA) is 55.1 Å². The summed E-state index contributed by atoms with van der Waals surface area (Å²) < 4.78 is 0. The maximum absolute atomic E-state index is 12.0. The molecule has 0 fully saturated rings. The van der Waals surface area contributed by atoms with Crippen LogP contribution in [-0.4, -0.2) is 10.9 Å². The zero-order valence-electron chi connectivity index (χ0n) is 12.3. The van der Waals surface area contributed by atoms with Gasteiger partial charge in [-0.05, 0) is 29.5 Å². The van der Waals surface area contributed by atoms with Crippen LogP contribution in [0, 0.1) is 11.3 Å². The molecule has 0 radical (unpaired) electrons. The molecule has 0 saturated heterocycles. The van der Waals surface area contributed by atoms with E-state index in [1.807, 2.05) is 0 Å². The molecule has 1 unspecified atom stereocenters. The summed E-state index contributed by atoms with van der Waals surface area (Å²) in [5.41, 5.74) is 6.89. The zero-order valence-corrected chi connectivity index (χ0v) is 13.9. The highest BCUT2D eigenvalue weighted by atomic mass is 35.5. The van der Waals surface area contributed by atoms with Gasteiger partial charge in [-0.15, -0.1) is 0 Å². The van der Waals surface area contributed by atoms with E-state index in [1.54, 1.807) is 18.2 Å². The van der Waals surface area contributed by atoms with Gasteiger partial charge in [0.25, 0.3) is 0 Å². The van der Waals surface area contributed by atoms with Crippen molar-refractivity contribution in [2.45, 2.75) is 34.1 Å². The highest BCUT2D eigenvalue weighted by molar-refractivity contribution is 7.80. The average molecular weight is 313 g/mol. The van der Waals surface area contributed by atoms with Gasteiger partial charge in [-0.3, -0.25) is 4.79 Å². The van der Waals surface area contributed by atoms with Gasteiger partial charge in [0, 0.05) is 12.0 Å². The van der Waals surface area contributed by atoms with Crippen LogP contribution in [0.15, 0.2) is 18.2 Å². The van der Waals surface area contributed by atoms with E-state index in [-0.39, 0.29) is 22.2 Å². The summed E-state index contributed by atoms with van der Waals surface area (Å²) in [6.07, 6.45) is 0.455. The van der Waals surface area contributed by atoms with Crippen LogP contribution in [-0.2, 0) is 4.79 Å². The summed E-state index contributed by atoms with van der Waals surface area (Å²) in [6.45, 7) is 8.43. The number of carbonyl (C=O) groups is 1. The molecule has 0 heterocycles. The first-order valence-corrected chi connectivity index (χ1v) is 7.29. The summed E-state index contributed by atoms with van der Waals surface area (Å²) in [5.74, 6) is 0.231. The van der Waals surface area contributed by atoms with Crippen molar-refractivity contribution in [3.8, 4) is 0 Å². The number of halogens is 1. The number of rotatable bonds is 4. The second-order valence-electron chi connectivity index (χ2n) is 6.08. The number of carbonyl (C=O) groups excluding carboxylic acids is 1. The number of benzene rings is 1. The van der Waals surface area contributed by atoms with E-state index in [2.05, 4.69) is 33.0 Å². The molecule has 3 N–H and O–H groups in total. The van der Waals surface area contributed by atoms with Crippen molar-refractivity contribution < 1.29 is 4.79 Å². The summed E-state index contributed by atoms with van der Waals surface area (Å²) in [7, 11) is 0. The standard InChI is InChI=1S/C15H21ClN2OS/c1-9(15(2,3)4)7-13(19)18-12-6-5-10(14(17)20)8-11(12)16/h5-6,8-9H,7H2,1-4H3,(H2,17,20)(H,18,19). The third-order valence-corrected chi connectivity index (χ3v) is 4.05. The Labute approximate surface area is 130 Å². The predicted molar refractivity (Wildman–Crippen MR) is 89.2 cm³/mol. The second kappa shape index (κ2) is 6.55. The number of hydrogen-bond donors (Lipinski definition) is 2. The highest BCUT2D eigenvalue weighted by Gasteiger charge is 2.22. The maximum Gasteiger partial charge on any atom is 0.224 e. The van der Waals surface area contributed by atoms with Gasteiger partial charge in [0.05, 0.1) is 10.7 Å². The minimum atomic E-state index is -0.0441. The zero-order chi connectivity index (χ0) is 15.5. The molecule has 0 aromatic heterocycles. The van der Waals surface area contributed by atoms with Crippen LogP contribution in [0.5, 0.6) is 0 Å². The van der Waals surface area contributed by atoms with Gasteiger partial charge in [-0.25, -0.2) is 0 Å². The average Bonchev–Trinajstić information content (AvgIpc) is 2.30. The van der Waals surface area contributed by atoms with E-state index < -0.39 is 0 Å². The Kier molecular flexibility index (Phi) is 5.54. The van der Waals surface area contributed by atoms with E-state index >= 15 is 0 Å². The molecule has 0 aliphatic carbocycles. The largest absolute Gasteiger partial charge is 0.389 e. The third-order valence-electron chi connectivity index (χ3n) is 3.50. The van der Waals surface area contributed by atoms with Gasteiger partial charge in [-0.1, -0.05) is 51.5 Å². The number of anilines is 1. The van der Waals surface area contributed by atoms with E-state index in [1.165, 1.54) is 0 Å². The molecule has 0 aliphatic rings. The van der Waals surface area contributed by atoms with Gasteiger partial charge in [0.2, 0.25) is 5.91 Å². The molecule has 0 aliphatic heterocycles. The molecular weight excluding hydrogens is 292 g/mol. The van der Waals surface area contributed by atoms with Crippen LogP contribution in [0.3, 0.4) is 0 Å². The molecule has 1 aromatic rings. The van der Waals surface area contributed by atoms with Gasteiger partial charge >= 0.3 is 0 Å². The second-order valence-corrected chi connectivity index (χ2v) is 6.93. The van der Waals surface area contributed by atoms with Crippen LogP contribution < -0.4 is 11.1 Å². The first kappa shape index (κ1) is 16.9. The molecule has 0 spiro atoms. The fourth-order valence-electron chi connectivity index (χ4n) is 1.56. The predicted octanol–water partition coefficient (Wildman–Crippen LogP) is 3.99. The molecule has 1 rings (SSSR count). The number of nitrogens with one attached hydrogen (secondary N) is 1. The van der Waals surface area contributed by atoms with Crippen molar-refractivity contribution in [1.82, 2.24) is 0 Å². The summed E-state index contributed by atoms with van der Waals surface area (Å²) >= 11 is 11.0. The summed E-state index contributed by atoms with van der Waals surface area (Å²) in [5, 5.41) is 3.26. The summed E-state index contributed by atoms with van der Waals surface area (Å²) in [4.78, 5) is 12.3. The SMILES string of the molecule is CC(CC(=O)Nc1ccc(C(N)=S)cc1Cl)C(C)(C)C. The first-order chi connectivity index (χ1) is 9.11. The Bertz CT molecular complexity index is 523. The molecule has 3 nitrogen and oxygen atoms in total. The Balaban J connectivity index is 2.74. The number of thiocarbonyl (C=S) groups is 1. The molecule has 1 aromatic carbocycles. The van der Waals surface area contributed by atoms with E-state index in [0.29, 0.717) is 22.7 Å². The molecule has 1 atom stereocenters. The van der Waals surface area contributed by atoms with Crippen molar-refractivity contribution in [1.29, 1.82) is 0 Å². The lowest BCUT2D eigenvalue weighted by Crippen LogP contribution is -2.24. The minimum Gasteiger partial charge on any atom is -0.389 e. The number of hydrogen-bond acceptors (Lipinski definition) is 2. The monoisotopic (exact) mass is 312 g/mol. The minimum absolute atomic E-state index is 0.0441. The van der Waals surface area contributed by atoms with Crippen molar-refractivity contribution in [3.05, 3.63) is 28.8 Å². The van der Waals surface area contributed by atoms with Gasteiger partial charge in [0.15, 0.2) is 0 Å². The van der Waals surface area contributed by atoms with Crippen molar-refractivity contribution in [3.63, 3.8) is 0 Å². The highest BCUT2D eigenvalue weighted by Crippen LogP contribution is 2.29. The molecular formula is C15H21ClN2OS. The molecule has 20 heavy (non-hydrogen) atoms. The quantitative estimate of drug-likeness (QED) is 0.827. The van der Waals surface area contributed by atoms with E-state index in [0.717, 1.165) is 0 Å². The van der Waals surface area contributed by atoms with Gasteiger partial charge in [0.1, 0.15) is 4.99 Å². The summed E-state index contributed by atoms with van der Waals surface area (Å²) in [6, 6.07) is 5.13. The van der Waals surface area contributed by atoms with Gasteiger partial charge in [-0.2, -0.15) is 0 Å². The van der Waals surface area contributed by atoms with Crippen LogP contribution >= 0.6 is 23.8 Å². The lowest BCUT2D eigenvalue weighted by Gasteiger charge is -2.26. The van der Waals surface area contributed by atoms with Crippen LogP contribution in [0.4, 0.5) is 5.69 Å². The van der Waals surface area contributed by atoms with Crippen molar-refractivity contribution >= 4 is 40.4 Å². The lowest BCUT2D eigenvalue weighted by atomic mass is 9.80. The van der Waals surface area contributed by atoms with Crippen molar-refractivity contribution in [2.75, 3.05) is 5.32 Å². The maximum atomic E-state index is 12.0. The Morgan fingerprint density at radius 2 is 2.05 bits per heavy atom. The number of nitrogens with two attached hydrogens (primary N) is 1. The molecule has 1 amide bonds. The fraction of sp³-hybridized carbons (Fsp3) is 0.467. The van der Waals surface area contributed by atoms with Crippen molar-refractivity contribution in [2.24, 2.45) is 17.1 Å². The van der Waals surface area contributed by atoms with E-state index in [9.17, 15) is 4.79 Å². The van der Waals surface area contributed by atoms with Crippen LogP contribution in [0.2, 0.25) is 5.02 Å². The molecule has 110 valence electrons.